The molecule has 2 saturated heterocycles. The van der Waals surface area contributed by atoms with Crippen molar-refractivity contribution in [3.8, 4) is 0 Å². The molecular weight excluding hydrogens is 319 g/mol. The Kier molecular flexibility index (Phi) is 4.11. The summed E-state index contributed by atoms with van der Waals surface area (Å²) in [6.45, 7) is 2.38. The minimum Gasteiger partial charge on any atom is -0.338 e. The van der Waals surface area contributed by atoms with Crippen molar-refractivity contribution in [3.05, 3.63) is 54.1 Å². The lowest BCUT2D eigenvalue weighted by molar-refractivity contribution is 0.0672. The number of amides is 1. The number of hydrogen-bond acceptors (Lipinski definition) is 4. The molecule has 0 atom stereocenters. The van der Waals surface area contributed by atoms with E-state index in [1.165, 1.54) is 12.1 Å². The summed E-state index contributed by atoms with van der Waals surface area (Å²) >= 11 is 0. The van der Waals surface area contributed by atoms with Crippen molar-refractivity contribution in [1.82, 2.24) is 14.9 Å². The average Bonchev–Trinajstić information content (AvgIpc) is 3.06. The Bertz CT molecular complexity index is 742. The van der Waals surface area contributed by atoms with Gasteiger partial charge in [-0.15, -0.1) is 0 Å². The standard InChI is InChI=1S/C19H21FN4O/c20-16-5-3-15(4-6-16)17(25)23-13-8-19(9-14-23)7-1-12-24(19)18-21-10-2-11-22-18/h2-6,10-11H,1,7-9,12-14H2. The van der Waals surface area contributed by atoms with E-state index in [-0.39, 0.29) is 17.3 Å². The van der Waals surface area contributed by atoms with Gasteiger partial charge in [-0.3, -0.25) is 4.79 Å². The van der Waals surface area contributed by atoms with Crippen LogP contribution in [0.5, 0.6) is 0 Å². The minimum absolute atomic E-state index is 0.0182. The van der Waals surface area contributed by atoms with Crippen LogP contribution in [0.2, 0.25) is 0 Å². The highest BCUT2D eigenvalue weighted by Gasteiger charge is 2.44. The van der Waals surface area contributed by atoms with Gasteiger partial charge in [-0.1, -0.05) is 0 Å². The molecule has 0 aliphatic carbocycles. The molecule has 1 amide bonds. The van der Waals surface area contributed by atoms with Crippen molar-refractivity contribution in [2.45, 2.75) is 31.2 Å². The first kappa shape index (κ1) is 16.0. The van der Waals surface area contributed by atoms with Gasteiger partial charge in [0.05, 0.1) is 0 Å². The van der Waals surface area contributed by atoms with Gasteiger partial charge in [-0.25, -0.2) is 14.4 Å². The van der Waals surface area contributed by atoms with Gasteiger partial charge in [0.2, 0.25) is 5.95 Å². The highest BCUT2D eigenvalue weighted by Crippen LogP contribution is 2.40. The first-order valence-electron chi connectivity index (χ1n) is 8.77. The smallest absolute Gasteiger partial charge is 0.253 e. The summed E-state index contributed by atoms with van der Waals surface area (Å²) in [4.78, 5) is 25.7. The van der Waals surface area contributed by atoms with Crippen LogP contribution >= 0.6 is 0 Å². The number of halogens is 1. The third-order valence-electron chi connectivity index (χ3n) is 5.46. The number of nitrogens with zero attached hydrogens (tertiary/aromatic N) is 4. The molecule has 3 heterocycles. The van der Waals surface area contributed by atoms with Crippen LogP contribution in [0.1, 0.15) is 36.0 Å². The normalized spacial score (nSPS) is 19.4. The number of carbonyl (C=O) groups excluding carboxylic acids is 1. The fourth-order valence-electron chi connectivity index (χ4n) is 4.10. The average molecular weight is 340 g/mol. The monoisotopic (exact) mass is 340 g/mol. The lowest BCUT2D eigenvalue weighted by Gasteiger charge is -2.45. The maximum atomic E-state index is 13.1. The molecule has 130 valence electrons. The van der Waals surface area contributed by atoms with E-state index in [4.69, 9.17) is 0 Å². The molecule has 4 rings (SSSR count). The third-order valence-corrected chi connectivity index (χ3v) is 5.46. The van der Waals surface area contributed by atoms with Crippen molar-refractivity contribution in [3.63, 3.8) is 0 Å². The Morgan fingerprint density at radius 3 is 2.36 bits per heavy atom. The molecule has 0 N–H and O–H groups in total. The molecule has 0 radical (unpaired) electrons. The molecule has 1 spiro atoms. The van der Waals surface area contributed by atoms with Gasteiger partial charge in [0.25, 0.3) is 5.91 Å². The van der Waals surface area contributed by atoms with Crippen molar-refractivity contribution in [2.24, 2.45) is 0 Å². The van der Waals surface area contributed by atoms with Crippen LogP contribution in [0.3, 0.4) is 0 Å². The molecule has 1 aromatic heterocycles. The predicted octanol–water partition coefficient (Wildman–Crippen LogP) is 2.89. The fraction of sp³-hybridized carbons (Fsp3) is 0.421. The molecule has 0 unspecified atom stereocenters. The lowest BCUT2D eigenvalue weighted by atomic mass is 9.85. The number of aromatic nitrogens is 2. The first-order chi connectivity index (χ1) is 12.2. The van der Waals surface area contributed by atoms with Crippen molar-refractivity contribution in [2.75, 3.05) is 24.5 Å². The summed E-state index contributed by atoms with van der Waals surface area (Å²) < 4.78 is 13.1. The van der Waals surface area contributed by atoms with Gasteiger partial charge in [0.15, 0.2) is 0 Å². The zero-order chi connectivity index (χ0) is 17.3. The summed E-state index contributed by atoms with van der Waals surface area (Å²) in [7, 11) is 0. The maximum absolute atomic E-state index is 13.1. The van der Waals surface area contributed by atoms with Crippen molar-refractivity contribution in [1.29, 1.82) is 0 Å². The van der Waals surface area contributed by atoms with Gasteiger partial charge in [0.1, 0.15) is 5.82 Å². The minimum atomic E-state index is -0.321. The summed E-state index contributed by atoms with van der Waals surface area (Å²) in [6.07, 6.45) is 7.63. The predicted molar refractivity (Wildman–Crippen MR) is 92.9 cm³/mol. The molecule has 0 bridgehead atoms. The zero-order valence-corrected chi connectivity index (χ0v) is 14.1. The second-order valence-electron chi connectivity index (χ2n) is 6.83. The van der Waals surface area contributed by atoms with Gasteiger partial charge in [-0.2, -0.15) is 0 Å². The largest absolute Gasteiger partial charge is 0.338 e. The third kappa shape index (κ3) is 2.97. The summed E-state index contributed by atoms with van der Waals surface area (Å²) in [5.41, 5.74) is 0.605. The molecule has 5 nitrogen and oxygen atoms in total. The Hall–Kier alpha value is -2.50. The molecule has 1 aromatic carbocycles. The van der Waals surface area contributed by atoms with Crippen molar-refractivity contribution >= 4 is 11.9 Å². The second kappa shape index (κ2) is 6.43. The fourth-order valence-corrected chi connectivity index (χ4v) is 4.10. The molecular formula is C19H21FN4O. The Labute approximate surface area is 146 Å². The van der Waals surface area contributed by atoms with Gasteiger partial charge >= 0.3 is 0 Å². The quantitative estimate of drug-likeness (QED) is 0.843. The number of hydrogen-bond donors (Lipinski definition) is 0. The second-order valence-corrected chi connectivity index (χ2v) is 6.83. The van der Waals surface area contributed by atoms with E-state index >= 15 is 0 Å². The van der Waals surface area contributed by atoms with E-state index in [1.54, 1.807) is 24.5 Å². The molecule has 2 aromatic rings. The number of benzene rings is 1. The van der Waals surface area contributed by atoms with Crippen LogP contribution < -0.4 is 4.90 Å². The van der Waals surface area contributed by atoms with E-state index in [0.29, 0.717) is 18.7 Å². The Morgan fingerprint density at radius 2 is 1.68 bits per heavy atom. The van der Waals surface area contributed by atoms with Gasteiger partial charge in [-0.05, 0) is 56.0 Å². The van der Waals surface area contributed by atoms with E-state index in [0.717, 1.165) is 38.2 Å². The van der Waals surface area contributed by atoms with Gasteiger partial charge < -0.3 is 9.80 Å². The highest BCUT2D eigenvalue weighted by molar-refractivity contribution is 5.94. The summed E-state index contributed by atoms with van der Waals surface area (Å²) in [5.74, 6) is 0.451. The van der Waals surface area contributed by atoms with Crippen LogP contribution in [0.15, 0.2) is 42.7 Å². The van der Waals surface area contributed by atoms with E-state index in [9.17, 15) is 9.18 Å². The van der Waals surface area contributed by atoms with Crippen LogP contribution in [0.25, 0.3) is 0 Å². The first-order valence-corrected chi connectivity index (χ1v) is 8.77. The molecule has 2 aliphatic heterocycles. The zero-order valence-electron chi connectivity index (χ0n) is 14.1. The number of likely N-dealkylation sites (tertiary alicyclic amines) is 1. The SMILES string of the molecule is O=C(c1ccc(F)cc1)N1CCC2(CCCN2c2ncccn2)CC1. The Balaban J connectivity index is 1.47. The van der Waals surface area contributed by atoms with Crippen LogP contribution in [0.4, 0.5) is 10.3 Å². The van der Waals surface area contributed by atoms with Crippen LogP contribution in [0, 0.1) is 5.82 Å². The molecule has 6 heteroatoms. The van der Waals surface area contributed by atoms with Crippen LogP contribution in [-0.2, 0) is 0 Å². The number of rotatable bonds is 2. The highest BCUT2D eigenvalue weighted by atomic mass is 19.1. The topological polar surface area (TPSA) is 49.3 Å². The summed E-state index contributed by atoms with van der Waals surface area (Å²) in [5, 5.41) is 0. The van der Waals surface area contributed by atoms with Crippen LogP contribution in [-0.4, -0.2) is 45.9 Å². The summed E-state index contributed by atoms with van der Waals surface area (Å²) in [6, 6.07) is 7.62. The van der Waals surface area contributed by atoms with E-state index in [1.807, 2.05) is 11.0 Å². The molecule has 25 heavy (non-hydrogen) atoms. The molecule has 0 saturated carbocycles. The maximum Gasteiger partial charge on any atom is 0.253 e. The number of carbonyl (C=O) groups is 1. The molecule has 2 fully saturated rings. The van der Waals surface area contributed by atoms with E-state index in [2.05, 4.69) is 14.9 Å². The Morgan fingerprint density at radius 1 is 1.00 bits per heavy atom. The molecule has 2 aliphatic rings. The van der Waals surface area contributed by atoms with E-state index < -0.39 is 0 Å². The lowest BCUT2D eigenvalue weighted by Crippen LogP contribution is -2.53. The number of anilines is 1. The van der Waals surface area contributed by atoms with Gasteiger partial charge in [0, 0.05) is 43.1 Å². The van der Waals surface area contributed by atoms with Crippen molar-refractivity contribution < 1.29 is 9.18 Å². The number of piperidine rings is 1.